The van der Waals surface area contributed by atoms with Crippen LogP contribution in [0.4, 0.5) is 0 Å². The number of hydrogen-bond donors (Lipinski definition) is 0. The molecule has 1 aliphatic carbocycles. The molecule has 0 amide bonds. The summed E-state index contributed by atoms with van der Waals surface area (Å²) in [5, 5.41) is 0. The molecule has 0 aromatic heterocycles. The highest BCUT2D eigenvalue weighted by atomic mass is 15.2. The Kier molecular flexibility index (Phi) is 1.92. The van der Waals surface area contributed by atoms with Crippen LogP contribution in [0.2, 0.25) is 0 Å². The predicted octanol–water partition coefficient (Wildman–Crippen LogP) is 2.27. The molecule has 0 bridgehead atoms. The fraction of sp³-hybridized carbons (Fsp3) is 1.00. The summed E-state index contributed by atoms with van der Waals surface area (Å²) in [6.07, 6.45) is 7.38. The summed E-state index contributed by atoms with van der Waals surface area (Å²) in [6.45, 7) is 2.37. The van der Waals surface area contributed by atoms with Crippen LogP contribution in [0, 0.1) is 5.92 Å². The smallest absolute Gasteiger partial charge is 0.0124 e. The second-order valence-corrected chi connectivity index (χ2v) is 4.36. The van der Waals surface area contributed by atoms with Crippen LogP contribution in [-0.4, -0.2) is 24.0 Å². The predicted molar refractivity (Wildman–Crippen MR) is 47.6 cm³/mol. The maximum absolute atomic E-state index is 2.60. The zero-order valence-corrected chi connectivity index (χ0v) is 7.71. The Labute approximate surface area is 69.8 Å². The van der Waals surface area contributed by atoms with E-state index in [1.54, 1.807) is 0 Å². The summed E-state index contributed by atoms with van der Waals surface area (Å²) in [5.41, 5.74) is 0. The van der Waals surface area contributed by atoms with Crippen molar-refractivity contribution in [1.82, 2.24) is 4.90 Å². The zero-order chi connectivity index (χ0) is 7.84. The van der Waals surface area contributed by atoms with Crippen LogP contribution in [0.3, 0.4) is 0 Å². The van der Waals surface area contributed by atoms with Crippen LogP contribution < -0.4 is 0 Å². The van der Waals surface area contributed by atoms with Crippen molar-refractivity contribution < 1.29 is 0 Å². The van der Waals surface area contributed by atoms with Gasteiger partial charge in [-0.2, -0.15) is 0 Å². The molecule has 1 nitrogen and oxygen atoms in total. The number of rotatable bonds is 0. The number of hydrogen-bond acceptors (Lipinski definition) is 1. The molecule has 3 atom stereocenters. The Morgan fingerprint density at radius 3 is 2.64 bits per heavy atom. The van der Waals surface area contributed by atoms with E-state index in [-0.39, 0.29) is 0 Å². The van der Waals surface area contributed by atoms with E-state index in [0.29, 0.717) is 0 Å². The van der Waals surface area contributed by atoms with Crippen LogP contribution in [0.5, 0.6) is 0 Å². The number of nitrogens with zero attached hydrogens (tertiary/aromatic N) is 1. The minimum Gasteiger partial charge on any atom is -0.300 e. The minimum atomic E-state index is 0.850. The monoisotopic (exact) mass is 153 g/mol. The highest BCUT2D eigenvalue weighted by Gasteiger charge is 2.37. The molecule has 11 heavy (non-hydrogen) atoms. The van der Waals surface area contributed by atoms with Crippen LogP contribution in [0.1, 0.15) is 39.0 Å². The molecule has 0 aromatic carbocycles. The second kappa shape index (κ2) is 2.78. The third-order valence-corrected chi connectivity index (χ3v) is 3.73. The summed E-state index contributed by atoms with van der Waals surface area (Å²) < 4.78 is 0. The van der Waals surface area contributed by atoms with Crippen molar-refractivity contribution in [2.24, 2.45) is 5.92 Å². The van der Waals surface area contributed by atoms with E-state index in [4.69, 9.17) is 0 Å². The summed E-state index contributed by atoms with van der Waals surface area (Å²) >= 11 is 0. The van der Waals surface area contributed by atoms with Crippen molar-refractivity contribution in [2.45, 2.75) is 51.1 Å². The van der Waals surface area contributed by atoms with Crippen LogP contribution in [0.15, 0.2) is 0 Å². The summed E-state index contributed by atoms with van der Waals surface area (Å²) in [7, 11) is 2.31. The van der Waals surface area contributed by atoms with Crippen molar-refractivity contribution in [3.63, 3.8) is 0 Å². The van der Waals surface area contributed by atoms with Crippen molar-refractivity contribution >= 4 is 0 Å². The summed E-state index contributed by atoms with van der Waals surface area (Å²) in [4.78, 5) is 2.60. The number of likely N-dealkylation sites (tertiary alicyclic amines) is 1. The molecule has 0 radical (unpaired) electrons. The average Bonchev–Trinajstić information content (AvgIpc) is 2.30. The third kappa shape index (κ3) is 1.20. The normalized spacial score (nSPS) is 45.8. The number of fused-ring (bicyclic) bond motifs is 1. The molecular formula is C10H19N. The van der Waals surface area contributed by atoms with E-state index in [1.807, 2.05) is 0 Å². The molecule has 2 rings (SSSR count). The molecule has 0 N–H and O–H groups in total. The fourth-order valence-electron chi connectivity index (χ4n) is 2.93. The van der Waals surface area contributed by atoms with E-state index in [2.05, 4.69) is 18.9 Å². The Morgan fingerprint density at radius 1 is 1.18 bits per heavy atom. The van der Waals surface area contributed by atoms with Gasteiger partial charge in [-0.15, -0.1) is 0 Å². The van der Waals surface area contributed by atoms with E-state index < -0.39 is 0 Å². The van der Waals surface area contributed by atoms with Crippen LogP contribution in [-0.2, 0) is 0 Å². The lowest BCUT2D eigenvalue weighted by Crippen LogP contribution is -2.34. The van der Waals surface area contributed by atoms with Gasteiger partial charge in [0, 0.05) is 12.1 Å². The lowest BCUT2D eigenvalue weighted by Gasteiger charge is -2.30. The van der Waals surface area contributed by atoms with Gasteiger partial charge in [0.15, 0.2) is 0 Å². The molecule has 64 valence electrons. The average molecular weight is 153 g/mol. The van der Waals surface area contributed by atoms with E-state index in [9.17, 15) is 0 Å². The van der Waals surface area contributed by atoms with Gasteiger partial charge in [-0.05, 0) is 39.2 Å². The highest BCUT2D eigenvalue weighted by molar-refractivity contribution is 4.92. The second-order valence-electron chi connectivity index (χ2n) is 4.36. The van der Waals surface area contributed by atoms with Gasteiger partial charge in [0.2, 0.25) is 0 Å². The zero-order valence-electron chi connectivity index (χ0n) is 7.71. The summed E-state index contributed by atoms with van der Waals surface area (Å²) in [6, 6.07) is 1.79. The molecule has 2 fully saturated rings. The van der Waals surface area contributed by atoms with E-state index in [0.717, 1.165) is 18.0 Å². The topological polar surface area (TPSA) is 3.24 Å². The van der Waals surface area contributed by atoms with Gasteiger partial charge < -0.3 is 4.90 Å². The largest absolute Gasteiger partial charge is 0.300 e. The molecule has 0 aromatic rings. The molecule has 1 aliphatic heterocycles. The van der Waals surface area contributed by atoms with Gasteiger partial charge in [0.25, 0.3) is 0 Å². The van der Waals surface area contributed by atoms with Gasteiger partial charge in [-0.1, -0.05) is 12.8 Å². The van der Waals surface area contributed by atoms with Crippen LogP contribution >= 0.6 is 0 Å². The molecular weight excluding hydrogens is 134 g/mol. The molecule has 1 heterocycles. The van der Waals surface area contributed by atoms with Gasteiger partial charge >= 0.3 is 0 Å². The first-order valence-electron chi connectivity index (χ1n) is 5.01. The fourth-order valence-corrected chi connectivity index (χ4v) is 2.93. The first-order chi connectivity index (χ1) is 5.29. The lowest BCUT2D eigenvalue weighted by molar-refractivity contribution is 0.192. The van der Waals surface area contributed by atoms with Gasteiger partial charge in [-0.3, -0.25) is 0 Å². The molecule has 1 heteroatoms. The van der Waals surface area contributed by atoms with Crippen molar-refractivity contribution in [1.29, 1.82) is 0 Å². The SMILES string of the molecule is CC1CC2CCCCC2N1C. The highest BCUT2D eigenvalue weighted by Crippen LogP contribution is 2.38. The standard InChI is InChI=1S/C10H19N/c1-8-7-9-5-3-4-6-10(9)11(8)2/h8-10H,3-7H2,1-2H3. The molecule has 1 saturated heterocycles. The van der Waals surface area contributed by atoms with Crippen molar-refractivity contribution in [3.05, 3.63) is 0 Å². The Balaban J connectivity index is 2.05. The Hall–Kier alpha value is -0.0400. The lowest BCUT2D eigenvalue weighted by atomic mass is 9.85. The van der Waals surface area contributed by atoms with Gasteiger partial charge in [0.05, 0.1) is 0 Å². The minimum absolute atomic E-state index is 0.850. The van der Waals surface area contributed by atoms with Crippen molar-refractivity contribution in [2.75, 3.05) is 7.05 Å². The maximum Gasteiger partial charge on any atom is 0.0124 e. The molecule has 0 spiro atoms. The third-order valence-electron chi connectivity index (χ3n) is 3.73. The molecule has 1 saturated carbocycles. The van der Waals surface area contributed by atoms with Crippen molar-refractivity contribution in [3.8, 4) is 0 Å². The molecule has 3 unspecified atom stereocenters. The first kappa shape index (κ1) is 7.60. The van der Waals surface area contributed by atoms with E-state index in [1.165, 1.54) is 32.1 Å². The molecule has 2 aliphatic rings. The summed E-state index contributed by atoms with van der Waals surface area (Å²) in [5.74, 6) is 1.05. The van der Waals surface area contributed by atoms with Gasteiger partial charge in [-0.25, -0.2) is 0 Å². The first-order valence-corrected chi connectivity index (χ1v) is 5.01. The van der Waals surface area contributed by atoms with Crippen LogP contribution in [0.25, 0.3) is 0 Å². The Bertz CT molecular complexity index is 144. The van der Waals surface area contributed by atoms with Gasteiger partial charge in [0.1, 0.15) is 0 Å². The van der Waals surface area contributed by atoms with E-state index >= 15 is 0 Å². The maximum atomic E-state index is 2.60. The Morgan fingerprint density at radius 2 is 1.91 bits per heavy atom. The quantitative estimate of drug-likeness (QED) is 0.516.